The van der Waals surface area contributed by atoms with Crippen LogP contribution >= 0.6 is 0 Å². The van der Waals surface area contributed by atoms with Crippen LogP contribution in [0, 0.1) is 10.1 Å². The molecule has 0 radical (unpaired) electrons. The lowest BCUT2D eigenvalue weighted by Crippen LogP contribution is -2.48. The molecule has 114 valence electrons. The van der Waals surface area contributed by atoms with Crippen molar-refractivity contribution in [1.82, 2.24) is 0 Å². The van der Waals surface area contributed by atoms with E-state index in [1.165, 1.54) is 24.3 Å². The molecular formula is C13H15FN2O5. The molecule has 1 heterocycles. The molecule has 0 saturated carbocycles. The third kappa shape index (κ3) is 3.53. The van der Waals surface area contributed by atoms with Crippen LogP contribution in [0.3, 0.4) is 0 Å². The Morgan fingerprint density at radius 3 is 2.71 bits per heavy atom. The predicted molar refractivity (Wildman–Crippen MR) is 70.6 cm³/mol. The molecule has 1 aliphatic heterocycles. The van der Waals surface area contributed by atoms with Gasteiger partial charge in [0.2, 0.25) is 0 Å². The van der Waals surface area contributed by atoms with Crippen LogP contribution in [0.15, 0.2) is 24.3 Å². The maximum absolute atomic E-state index is 13.8. The lowest BCUT2D eigenvalue weighted by Gasteiger charge is -2.33. The van der Waals surface area contributed by atoms with Crippen molar-refractivity contribution >= 4 is 11.7 Å². The summed E-state index contributed by atoms with van der Waals surface area (Å²) >= 11 is 0. The van der Waals surface area contributed by atoms with Gasteiger partial charge < -0.3 is 15.2 Å². The van der Waals surface area contributed by atoms with E-state index in [1.807, 2.05) is 0 Å². The van der Waals surface area contributed by atoms with Crippen LogP contribution in [0.25, 0.3) is 0 Å². The second kappa shape index (κ2) is 6.59. The summed E-state index contributed by atoms with van der Waals surface area (Å²) in [6.45, 7) is 0.271. The molecule has 0 bridgehead atoms. The molecule has 0 amide bonds. The molecule has 2 rings (SSSR count). The largest absolute Gasteiger partial charge is 0.453 e. The van der Waals surface area contributed by atoms with Crippen molar-refractivity contribution in [2.45, 2.75) is 24.8 Å². The minimum absolute atomic E-state index is 0.0403. The SMILES string of the molecule is NCC1OCCC(F)C1OC(=O)c1ccc([N+](=O)[O-])cc1. The van der Waals surface area contributed by atoms with Crippen molar-refractivity contribution in [2.24, 2.45) is 5.73 Å². The van der Waals surface area contributed by atoms with Crippen molar-refractivity contribution < 1.29 is 23.6 Å². The first kappa shape index (κ1) is 15.3. The number of nitrogens with zero attached hydrogens (tertiary/aromatic N) is 1. The molecule has 1 aromatic rings. The molecule has 8 heteroatoms. The number of benzene rings is 1. The number of hydrogen-bond donors (Lipinski definition) is 1. The number of carbonyl (C=O) groups is 1. The number of halogens is 1. The summed E-state index contributed by atoms with van der Waals surface area (Å²) in [4.78, 5) is 21.9. The average molecular weight is 298 g/mol. The smallest absolute Gasteiger partial charge is 0.338 e. The van der Waals surface area contributed by atoms with E-state index < -0.39 is 29.3 Å². The quantitative estimate of drug-likeness (QED) is 0.509. The highest BCUT2D eigenvalue weighted by Gasteiger charge is 2.37. The number of carbonyl (C=O) groups excluding carboxylic acids is 1. The third-order valence-corrected chi connectivity index (χ3v) is 3.24. The Morgan fingerprint density at radius 2 is 2.14 bits per heavy atom. The molecule has 0 spiro atoms. The van der Waals surface area contributed by atoms with Gasteiger partial charge in [-0.25, -0.2) is 9.18 Å². The molecule has 1 aliphatic rings. The first-order valence-electron chi connectivity index (χ1n) is 6.44. The van der Waals surface area contributed by atoms with E-state index in [2.05, 4.69) is 0 Å². The molecule has 2 N–H and O–H groups in total. The van der Waals surface area contributed by atoms with Crippen LogP contribution in [0.1, 0.15) is 16.8 Å². The fourth-order valence-corrected chi connectivity index (χ4v) is 2.09. The predicted octanol–water partition coefficient (Wildman–Crippen LogP) is 1.21. The van der Waals surface area contributed by atoms with Gasteiger partial charge in [0.15, 0.2) is 6.10 Å². The van der Waals surface area contributed by atoms with Gasteiger partial charge >= 0.3 is 5.97 Å². The van der Waals surface area contributed by atoms with Gasteiger partial charge in [0, 0.05) is 25.1 Å². The topological polar surface area (TPSA) is 105 Å². The number of ether oxygens (including phenoxy) is 2. The highest BCUT2D eigenvalue weighted by Crippen LogP contribution is 2.22. The van der Waals surface area contributed by atoms with E-state index in [0.29, 0.717) is 0 Å². The summed E-state index contributed by atoms with van der Waals surface area (Å²) in [5.41, 5.74) is 5.43. The van der Waals surface area contributed by atoms with Gasteiger partial charge in [-0.1, -0.05) is 0 Å². The number of nitro benzene ring substituents is 1. The zero-order chi connectivity index (χ0) is 15.4. The fourth-order valence-electron chi connectivity index (χ4n) is 2.09. The molecule has 1 saturated heterocycles. The third-order valence-electron chi connectivity index (χ3n) is 3.24. The molecule has 3 atom stereocenters. The maximum atomic E-state index is 13.8. The molecule has 0 aliphatic carbocycles. The highest BCUT2D eigenvalue weighted by molar-refractivity contribution is 5.89. The lowest BCUT2D eigenvalue weighted by atomic mass is 10.0. The van der Waals surface area contributed by atoms with E-state index >= 15 is 0 Å². The van der Waals surface area contributed by atoms with E-state index in [9.17, 15) is 19.3 Å². The van der Waals surface area contributed by atoms with Crippen LogP contribution < -0.4 is 5.73 Å². The van der Waals surface area contributed by atoms with Crippen LogP contribution in [0.4, 0.5) is 10.1 Å². The molecule has 0 aromatic heterocycles. The zero-order valence-corrected chi connectivity index (χ0v) is 11.1. The minimum Gasteiger partial charge on any atom is -0.453 e. The van der Waals surface area contributed by atoms with Gasteiger partial charge in [0.25, 0.3) is 5.69 Å². The molecular weight excluding hydrogens is 283 g/mol. The van der Waals surface area contributed by atoms with E-state index in [1.54, 1.807) is 0 Å². The summed E-state index contributed by atoms with van der Waals surface area (Å²) in [7, 11) is 0. The first-order valence-corrected chi connectivity index (χ1v) is 6.44. The van der Waals surface area contributed by atoms with Crippen LogP contribution in [-0.2, 0) is 9.47 Å². The Bertz CT molecular complexity index is 522. The van der Waals surface area contributed by atoms with Gasteiger partial charge in [-0.2, -0.15) is 0 Å². The second-order valence-electron chi connectivity index (χ2n) is 4.62. The Labute approximate surface area is 120 Å². The first-order chi connectivity index (χ1) is 10.0. The number of nitrogens with two attached hydrogens (primary N) is 1. The van der Waals surface area contributed by atoms with Gasteiger partial charge in [-0.05, 0) is 12.1 Å². The molecule has 3 unspecified atom stereocenters. The zero-order valence-electron chi connectivity index (χ0n) is 11.1. The Morgan fingerprint density at radius 1 is 1.48 bits per heavy atom. The Hall–Kier alpha value is -2.06. The summed E-state index contributed by atoms with van der Waals surface area (Å²) in [6, 6.07) is 4.88. The second-order valence-corrected chi connectivity index (χ2v) is 4.62. The summed E-state index contributed by atoms with van der Waals surface area (Å²) in [5, 5.41) is 10.5. The van der Waals surface area contributed by atoms with Gasteiger partial charge in [0.05, 0.1) is 17.1 Å². The van der Waals surface area contributed by atoms with Crippen molar-refractivity contribution in [3.63, 3.8) is 0 Å². The van der Waals surface area contributed by atoms with Gasteiger partial charge in [0.1, 0.15) is 12.3 Å². The fraction of sp³-hybridized carbons (Fsp3) is 0.462. The Balaban J connectivity index is 2.07. The molecule has 21 heavy (non-hydrogen) atoms. The Kier molecular flexibility index (Phi) is 4.81. The number of hydrogen-bond acceptors (Lipinski definition) is 6. The number of alkyl halides is 1. The maximum Gasteiger partial charge on any atom is 0.338 e. The van der Waals surface area contributed by atoms with E-state index in [-0.39, 0.29) is 30.8 Å². The minimum atomic E-state index is -1.34. The van der Waals surface area contributed by atoms with Crippen molar-refractivity contribution in [1.29, 1.82) is 0 Å². The van der Waals surface area contributed by atoms with Crippen LogP contribution in [0.5, 0.6) is 0 Å². The molecule has 7 nitrogen and oxygen atoms in total. The lowest BCUT2D eigenvalue weighted by molar-refractivity contribution is -0.384. The molecule has 1 aromatic carbocycles. The summed E-state index contributed by atoms with van der Waals surface area (Å²) in [5.74, 6) is -0.763. The van der Waals surface area contributed by atoms with Gasteiger partial charge in [-0.15, -0.1) is 0 Å². The number of nitro groups is 1. The number of rotatable bonds is 4. The summed E-state index contributed by atoms with van der Waals surface area (Å²) < 4.78 is 24.2. The average Bonchev–Trinajstić information content (AvgIpc) is 2.49. The molecule has 1 fully saturated rings. The van der Waals surface area contributed by atoms with Crippen LogP contribution in [-0.4, -0.2) is 42.4 Å². The summed E-state index contributed by atoms with van der Waals surface area (Å²) in [6.07, 6.45) is -2.95. The monoisotopic (exact) mass is 298 g/mol. The number of non-ortho nitro benzene ring substituents is 1. The van der Waals surface area contributed by atoms with Gasteiger partial charge in [-0.3, -0.25) is 10.1 Å². The number of esters is 1. The van der Waals surface area contributed by atoms with E-state index in [4.69, 9.17) is 15.2 Å². The van der Waals surface area contributed by atoms with Crippen LogP contribution in [0.2, 0.25) is 0 Å². The van der Waals surface area contributed by atoms with Crippen molar-refractivity contribution in [3.05, 3.63) is 39.9 Å². The van der Waals surface area contributed by atoms with Crippen molar-refractivity contribution in [3.8, 4) is 0 Å². The van der Waals surface area contributed by atoms with Crippen molar-refractivity contribution in [2.75, 3.05) is 13.2 Å². The highest BCUT2D eigenvalue weighted by atomic mass is 19.1. The standard InChI is InChI=1S/C13H15FN2O5/c14-10-5-6-20-11(7-15)12(10)21-13(17)8-1-3-9(4-2-8)16(18)19/h1-4,10-12H,5-7,15H2. The van der Waals surface area contributed by atoms with E-state index in [0.717, 1.165) is 0 Å². The normalized spacial score (nSPS) is 25.3.